The lowest BCUT2D eigenvalue weighted by Gasteiger charge is -2.51. The van der Waals surface area contributed by atoms with E-state index in [0.717, 1.165) is 17.9 Å². The van der Waals surface area contributed by atoms with Gasteiger partial charge in [0.15, 0.2) is 0 Å². The highest BCUT2D eigenvalue weighted by Gasteiger charge is 2.49. The second-order valence-corrected chi connectivity index (χ2v) is 5.41. The first-order chi connectivity index (χ1) is 8.57. The van der Waals surface area contributed by atoms with Crippen LogP contribution in [-0.4, -0.2) is 25.8 Å². The molecule has 2 rings (SSSR count). The minimum absolute atomic E-state index is 0.177. The van der Waals surface area contributed by atoms with Crippen LogP contribution in [0.15, 0.2) is 24.3 Å². The highest BCUT2D eigenvalue weighted by molar-refractivity contribution is 5.33. The Hall–Kier alpha value is -1.22. The average molecular weight is 249 g/mol. The third-order valence-electron chi connectivity index (χ3n) is 3.92. The summed E-state index contributed by atoms with van der Waals surface area (Å²) in [7, 11) is 2.01. The summed E-state index contributed by atoms with van der Waals surface area (Å²) in [4.78, 5) is 0. The molecule has 0 aromatic heterocycles. The molecule has 1 fully saturated rings. The van der Waals surface area contributed by atoms with Gasteiger partial charge < -0.3 is 14.8 Å². The van der Waals surface area contributed by atoms with Crippen LogP contribution in [0.1, 0.15) is 27.2 Å². The smallest absolute Gasteiger partial charge is 0.123 e. The highest BCUT2D eigenvalue weighted by atomic mass is 16.5. The fraction of sp³-hybridized carbons (Fsp3) is 0.600. The van der Waals surface area contributed by atoms with Crippen molar-refractivity contribution in [3.8, 4) is 11.5 Å². The van der Waals surface area contributed by atoms with Crippen molar-refractivity contribution in [3.63, 3.8) is 0 Å². The van der Waals surface area contributed by atoms with Gasteiger partial charge in [0.2, 0.25) is 0 Å². The Morgan fingerprint density at radius 1 is 1.33 bits per heavy atom. The summed E-state index contributed by atoms with van der Waals surface area (Å²) >= 11 is 0. The molecule has 0 saturated heterocycles. The lowest BCUT2D eigenvalue weighted by Crippen LogP contribution is -2.61. The molecule has 0 bridgehead atoms. The van der Waals surface area contributed by atoms with E-state index in [0.29, 0.717) is 12.6 Å². The fourth-order valence-corrected chi connectivity index (χ4v) is 2.54. The van der Waals surface area contributed by atoms with Crippen LogP contribution in [0, 0.1) is 5.41 Å². The van der Waals surface area contributed by atoms with Gasteiger partial charge in [0.25, 0.3) is 0 Å². The molecule has 0 amide bonds. The molecule has 3 nitrogen and oxygen atoms in total. The van der Waals surface area contributed by atoms with Crippen LogP contribution in [0.4, 0.5) is 0 Å². The Balaban J connectivity index is 2.00. The van der Waals surface area contributed by atoms with Gasteiger partial charge in [-0.1, -0.05) is 19.9 Å². The highest BCUT2D eigenvalue weighted by Crippen LogP contribution is 2.43. The minimum Gasteiger partial charge on any atom is -0.494 e. The molecule has 3 heteroatoms. The molecule has 0 heterocycles. The normalized spacial score (nSPS) is 25.3. The Kier molecular flexibility index (Phi) is 3.81. The SMILES string of the molecule is CCOc1cccc(OC2CC(NC)C2(C)C)c1. The Bertz CT molecular complexity index is 403. The average Bonchev–Trinajstić information content (AvgIpc) is 2.35. The first kappa shape index (κ1) is 13.2. The van der Waals surface area contributed by atoms with Gasteiger partial charge in [-0.3, -0.25) is 0 Å². The molecule has 2 unspecified atom stereocenters. The van der Waals surface area contributed by atoms with Crippen molar-refractivity contribution in [3.05, 3.63) is 24.3 Å². The van der Waals surface area contributed by atoms with Crippen molar-refractivity contribution in [1.29, 1.82) is 0 Å². The van der Waals surface area contributed by atoms with E-state index in [1.165, 1.54) is 0 Å². The molecule has 1 aliphatic rings. The molecule has 0 radical (unpaired) electrons. The maximum Gasteiger partial charge on any atom is 0.123 e. The first-order valence-corrected chi connectivity index (χ1v) is 6.64. The van der Waals surface area contributed by atoms with Crippen molar-refractivity contribution >= 4 is 0 Å². The summed E-state index contributed by atoms with van der Waals surface area (Å²) in [6.45, 7) is 7.16. The first-order valence-electron chi connectivity index (χ1n) is 6.64. The number of hydrogen-bond acceptors (Lipinski definition) is 3. The van der Waals surface area contributed by atoms with Crippen LogP contribution in [-0.2, 0) is 0 Å². The lowest BCUT2D eigenvalue weighted by molar-refractivity contribution is -0.0521. The number of rotatable bonds is 5. The molecule has 1 aromatic carbocycles. The van der Waals surface area contributed by atoms with Crippen LogP contribution >= 0.6 is 0 Å². The van der Waals surface area contributed by atoms with Gasteiger partial charge >= 0.3 is 0 Å². The zero-order chi connectivity index (χ0) is 13.2. The van der Waals surface area contributed by atoms with Crippen LogP contribution in [0.2, 0.25) is 0 Å². The van der Waals surface area contributed by atoms with Crippen LogP contribution in [0.3, 0.4) is 0 Å². The quantitative estimate of drug-likeness (QED) is 0.870. The van der Waals surface area contributed by atoms with Gasteiger partial charge in [-0.15, -0.1) is 0 Å². The van der Waals surface area contributed by atoms with Crippen LogP contribution < -0.4 is 14.8 Å². The number of hydrogen-bond donors (Lipinski definition) is 1. The van der Waals surface area contributed by atoms with Crippen LogP contribution in [0.5, 0.6) is 11.5 Å². The topological polar surface area (TPSA) is 30.5 Å². The van der Waals surface area contributed by atoms with E-state index in [2.05, 4.69) is 19.2 Å². The largest absolute Gasteiger partial charge is 0.494 e. The minimum atomic E-state index is 0.177. The van der Waals surface area contributed by atoms with E-state index in [4.69, 9.17) is 9.47 Å². The molecule has 1 aromatic rings. The summed E-state index contributed by atoms with van der Waals surface area (Å²) in [6.07, 6.45) is 1.33. The number of benzene rings is 1. The monoisotopic (exact) mass is 249 g/mol. The van der Waals surface area contributed by atoms with E-state index < -0.39 is 0 Å². The summed E-state index contributed by atoms with van der Waals surface area (Å²) in [5.41, 5.74) is 0.177. The Morgan fingerprint density at radius 2 is 2.06 bits per heavy atom. The molecule has 0 spiro atoms. The van der Waals surface area contributed by atoms with Crippen molar-refractivity contribution in [1.82, 2.24) is 5.32 Å². The maximum atomic E-state index is 6.06. The molecular weight excluding hydrogens is 226 g/mol. The standard InChI is InChI=1S/C15H23NO2/c1-5-17-11-7-6-8-12(9-11)18-14-10-13(16-4)15(14,2)3/h6-9,13-14,16H,5,10H2,1-4H3. The molecule has 1 N–H and O–H groups in total. The molecule has 1 saturated carbocycles. The zero-order valence-corrected chi connectivity index (χ0v) is 11.7. The second-order valence-electron chi connectivity index (χ2n) is 5.41. The lowest BCUT2D eigenvalue weighted by atomic mass is 9.64. The van der Waals surface area contributed by atoms with Gasteiger partial charge in [-0.05, 0) is 26.1 Å². The van der Waals surface area contributed by atoms with E-state index in [1.54, 1.807) is 0 Å². The van der Waals surface area contributed by atoms with Crippen molar-refractivity contribution in [2.24, 2.45) is 5.41 Å². The Morgan fingerprint density at radius 3 is 2.67 bits per heavy atom. The van der Waals surface area contributed by atoms with Crippen LogP contribution in [0.25, 0.3) is 0 Å². The summed E-state index contributed by atoms with van der Waals surface area (Å²) in [5.74, 6) is 1.77. The van der Waals surface area contributed by atoms with E-state index in [-0.39, 0.29) is 11.5 Å². The number of nitrogens with one attached hydrogen (secondary N) is 1. The van der Waals surface area contributed by atoms with E-state index in [1.807, 2.05) is 38.2 Å². The molecule has 100 valence electrons. The van der Waals surface area contributed by atoms with Gasteiger partial charge in [0.05, 0.1) is 6.61 Å². The maximum absolute atomic E-state index is 6.06. The predicted octanol–water partition coefficient (Wildman–Crippen LogP) is 2.85. The van der Waals surface area contributed by atoms with Gasteiger partial charge in [0.1, 0.15) is 17.6 Å². The third-order valence-corrected chi connectivity index (χ3v) is 3.92. The summed E-state index contributed by atoms with van der Waals surface area (Å²) < 4.78 is 11.5. The van der Waals surface area contributed by atoms with Crippen molar-refractivity contribution in [2.45, 2.75) is 39.3 Å². The molecular formula is C15H23NO2. The van der Waals surface area contributed by atoms with Gasteiger partial charge in [-0.2, -0.15) is 0 Å². The molecule has 2 atom stereocenters. The number of ether oxygens (including phenoxy) is 2. The van der Waals surface area contributed by atoms with Gasteiger partial charge in [-0.25, -0.2) is 0 Å². The van der Waals surface area contributed by atoms with Gasteiger partial charge in [0, 0.05) is 23.9 Å². The van der Waals surface area contributed by atoms with Crippen molar-refractivity contribution in [2.75, 3.05) is 13.7 Å². The molecule has 18 heavy (non-hydrogen) atoms. The third kappa shape index (κ3) is 2.46. The predicted molar refractivity (Wildman–Crippen MR) is 73.3 cm³/mol. The van der Waals surface area contributed by atoms with E-state index in [9.17, 15) is 0 Å². The Labute approximate surface area is 109 Å². The fourth-order valence-electron chi connectivity index (χ4n) is 2.54. The second kappa shape index (κ2) is 5.19. The summed E-state index contributed by atoms with van der Waals surface area (Å²) in [6, 6.07) is 8.43. The van der Waals surface area contributed by atoms with E-state index >= 15 is 0 Å². The molecule has 0 aliphatic heterocycles. The van der Waals surface area contributed by atoms with Crippen molar-refractivity contribution < 1.29 is 9.47 Å². The zero-order valence-electron chi connectivity index (χ0n) is 11.7. The summed E-state index contributed by atoms with van der Waals surface area (Å²) in [5, 5.41) is 3.33. The molecule has 1 aliphatic carbocycles.